The molecule has 3 rings (SSSR count). The van der Waals surface area contributed by atoms with Gasteiger partial charge in [0, 0.05) is 30.4 Å². The summed E-state index contributed by atoms with van der Waals surface area (Å²) in [6.07, 6.45) is 3.43. The van der Waals surface area contributed by atoms with Crippen molar-refractivity contribution in [3.8, 4) is 11.1 Å². The number of halogens is 2. The van der Waals surface area contributed by atoms with Gasteiger partial charge in [-0.2, -0.15) is 0 Å². The highest BCUT2D eigenvalue weighted by atomic mass is 35.5. The molecule has 2 aromatic heterocycles. The van der Waals surface area contributed by atoms with Crippen LogP contribution in [0.5, 0.6) is 0 Å². The summed E-state index contributed by atoms with van der Waals surface area (Å²) >= 11 is 5.81. The molecule has 3 nitrogen and oxygen atoms in total. The van der Waals surface area contributed by atoms with Gasteiger partial charge in [0.15, 0.2) is 0 Å². The van der Waals surface area contributed by atoms with Gasteiger partial charge >= 0.3 is 0 Å². The van der Waals surface area contributed by atoms with E-state index in [0.29, 0.717) is 5.52 Å². The minimum absolute atomic E-state index is 0.0649. The summed E-state index contributed by atoms with van der Waals surface area (Å²) in [5.74, 6) is -0.458. The second-order valence-corrected chi connectivity index (χ2v) is 4.76. The van der Waals surface area contributed by atoms with Crippen molar-refractivity contribution in [1.82, 2.24) is 9.55 Å². The predicted molar refractivity (Wildman–Crippen MR) is 73.9 cm³/mol. The molecule has 0 unspecified atom stereocenters. The average molecular weight is 277 g/mol. The van der Waals surface area contributed by atoms with E-state index in [1.54, 1.807) is 31.6 Å². The molecule has 1 N–H and O–H groups in total. The van der Waals surface area contributed by atoms with Gasteiger partial charge < -0.3 is 9.55 Å². The normalized spacial score (nSPS) is 11.1. The Morgan fingerprint density at radius 2 is 2.11 bits per heavy atom. The van der Waals surface area contributed by atoms with E-state index in [1.165, 1.54) is 10.6 Å². The molecule has 1 aromatic carbocycles. The predicted octanol–water partition coefficient (Wildman–Crippen LogP) is 3.33. The number of rotatable bonds is 1. The summed E-state index contributed by atoms with van der Waals surface area (Å²) in [5, 5.41) is 0.862. The molecule has 0 saturated heterocycles. The quantitative estimate of drug-likeness (QED) is 0.727. The van der Waals surface area contributed by atoms with Crippen LogP contribution in [0.2, 0.25) is 5.02 Å². The first-order valence-corrected chi connectivity index (χ1v) is 6.08. The molecule has 0 fully saturated rings. The smallest absolute Gasteiger partial charge is 0.274 e. The van der Waals surface area contributed by atoms with Gasteiger partial charge in [0.05, 0.1) is 5.02 Å². The summed E-state index contributed by atoms with van der Waals surface area (Å²) in [6, 6.07) is 6.35. The fourth-order valence-corrected chi connectivity index (χ4v) is 2.34. The molecule has 0 atom stereocenters. The Kier molecular flexibility index (Phi) is 2.68. The molecule has 96 valence electrons. The maximum atomic E-state index is 13.2. The number of pyridine rings is 1. The number of hydrogen-bond donors (Lipinski definition) is 1. The second kappa shape index (κ2) is 4.24. The molecule has 0 radical (unpaired) electrons. The first-order valence-electron chi connectivity index (χ1n) is 5.70. The Labute approximate surface area is 113 Å². The third-order valence-corrected chi connectivity index (χ3v) is 3.41. The second-order valence-electron chi connectivity index (χ2n) is 4.35. The van der Waals surface area contributed by atoms with E-state index in [2.05, 4.69) is 4.98 Å². The van der Waals surface area contributed by atoms with Gasteiger partial charge in [-0.3, -0.25) is 4.79 Å². The van der Waals surface area contributed by atoms with Crippen LogP contribution in [0.4, 0.5) is 4.39 Å². The highest BCUT2D eigenvalue weighted by Crippen LogP contribution is 2.29. The lowest BCUT2D eigenvalue weighted by atomic mass is 10.0. The first kappa shape index (κ1) is 12.0. The lowest BCUT2D eigenvalue weighted by molar-refractivity contribution is 0.628. The summed E-state index contributed by atoms with van der Waals surface area (Å²) in [5.41, 5.74) is 2.03. The molecule has 0 aliphatic heterocycles. The van der Waals surface area contributed by atoms with Crippen molar-refractivity contribution >= 4 is 22.5 Å². The van der Waals surface area contributed by atoms with E-state index in [0.717, 1.165) is 16.5 Å². The third-order valence-electron chi connectivity index (χ3n) is 3.12. The van der Waals surface area contributed by atoms with Crippen molar-refractivity contribution in [3.63, 3.8) is 0 Å². The number of aromatic nitrogens is 2. The van der Waals surface area contributed by atoms with Crippen LogP contribution in [-0.4, -0.2) is 9.55 Å². The van der Waals surface area contributed by atoms with Gasteiger partial charge in [0.25, 0.3) is 5.56 Å². The van der Waals surface area contributed by atoms with Gasteiger partial charge in [0.2, 0.25) is 0 Å². The van der Waals surface area contributed by atoms with Gasteiger partial charge in [-0.15, -0.1) is 0 Å². The number of hydrogen-bond acceptors (Lipinski definition) is 1. The van der Waals surface area contributed by atoms with Crippen LogP contribution in [0.1, 0.15) is 0 Å². The van der Waals surface area contributed by atoms with Crippen LogP contribution in [0.3, 0.4) is 0 Å². The monoisotopic (exact) mass is 276 g/mol. The largest absolute Gasteiger partial charge is 0.357 e. The fourth-order valence-electron chi connectivity index (χ4n) is 2.16. The van der Waals surface area contributed by atoms with Crippen molar-refractivity contribution < 1.29 is 4.39 Å². The number of nitrogens with one attached hydrogen (secondary N) is 1. The van der Waals surface area contributed by atoms with Crippen molar-refractivity contribution in [2.75, 3.05) is 0 Å². The number of aromatic amines is 1. The molecule has 0 spiro atoms. The summed E-state index contributed by atoms with van der Waals surface area (Å²) in [6.45, 7) is 0. The molecule has 2 heterocycles. The molecule has 19 heavy (non-hydrogen) atoms. The van der Waals surface area contributed by atoms with E-state index in [1.807, 2.05) is 6.07 Å². The first-order chi connectivity index (χ1) is 9.08. The van der Waals surface area contributed by atoms with Crippen molar-refractivity contribution in [2.24, 2.45) is 7.05 Å². The topological polar surface area (TPSA) is 37.8 Å². The van der Waals surface area contributed by atoms with Crippen LogP contribution >= 0.6 is 11.6 Å². The summed E-state index contributed by atoms with van der Waals surface area (Å²) in [4.78, 5) is 14.9. The third kappa shape index (κ3) is 1.85. The number of aryl methyl sites for hydroxylation is 1. The van der Waals surface area contributed by atoms with Crippen LogP contribution in [0.25, 0.3) is 22.0 Å². The molecular formula is C14H10ClFN2O. The lowest BCUT2D eigenvalue weighted by Crippen LogP contribution is -2.16. The lowest BCUT2D eigenvalue weighted by Gasteiger charge is -2.07. The Morgan fingerprint density at radius 1 is 1.32 bits per heavy atom. The van der Waals surface area contributed by atoms with E-state index >= 15 is 0 Å². The van der Waals surface area contributed by atoms with Gasteiger partial charge in [0.1, 0.15) is 11.3 Å². The zero-order valence-corrected chi connectivity index (χ0v) is 10.8. The van der Waals surface area contributed by atoms with Crippen LogP contribution in [0, 0.1) is 5.82 Å². The van der Waals surface area contributed by atoms with Crippen LogP contribution in [-0.2, 0) is 7.05 Å². The molecule has 3 aromatic rings. The Bertz CT molecular complexity index is 835. The molecule has 0 saturated carbocycles. The SMILES string of the molecule is Cn1cc(-c2ccc(F)c(Cl)c2)c2cc[nH]c2c1=O. The Hall–Kier alpha value is -2.07. The average Bonchev–Trinajstić information content (AvgIpc) is 2.87. The zero-order valence-electron chi connectivity index (χ0n) is 10.1. The van der Waals surface area contributed by atoms with E-state index in [-0.39, 0.29) is 10.6 Å². The highest BCUT2D eigenvalue weighted by Gasteiger charge is 2.11. The van der Waals surface area contributed by atoms with Crippen LogP contribution < -0.4 is 5.56 Å². The van der Waals surface area contributed by atoms with Gasteiger partial charge in [-0.05, 0) is 23.8 Å². The summed E-state index contributed by atoms with van der Waals surface area (Å²) in [7, 11) is 1.68. The fraction of sp³-hybridized carbons (Fsp3) is 0.0714. The molecule has 0 aliphatic rings. The molecule has 0 aliphatic carbocycles. The van der Waals surface area contributed by atoms with Crippen LogP contribution in [0.15, 0.2) is 41.5 Å². The summed E-state index contributed by atoms with van der Waals surface area (Å²) < 4.78 is 14.7. The van der Waals surface area contributed by atoms with Crippen molar-refractivity contribution in [3.05, 3.63) is 57.9 Å². The maximum absolute atomic E-state index is 13.2. The Balaban J connectivity index is 2.36. The van der Waals surface area contributed by atoms with Crippen molar-refractivity contribution in [1.29, 1.82) is 0 Å². The van der Waals surface area contributed by atoms with Crippen molar-refractivity contribution in [2.45, 2.75) is 0 Å². The van der Waals surface area contributed by atoms with E-state index in [9.17, 15) is 9.18 Å². The molecular weight excluding hydrogens is 267 g/mol. The number of nitrogens with zero attached hydrogens (tertiary/aromatic N) is 1. The number of benzene rings is 1. The standard InChI is InChI=1S/C14H10ClFN2O/c1-18-7-10(8-2-3-12(16)11(15)6-8)9-4-5-17-13(9)14(18)19/h2-7,17H,1H3. The Morgan fingerprint density at radius 3 is 2.84 bits per heavy atom. The molecule has 5 heteroatoms. The molecule has 0 bridgehead atoms. The van der Waals surface area contributed by atoms with E-state index in [4.69, 9.17) is 11.6 Å². The number of H-pyrrole nitrogens is 1. The zero-order chi connectivity index (χ0) is 13.6. The number of fused-ring (bicyclic) bond motifs is 1. The highest BCUT2D eigenvalue weighted by molar-refractivity contribution is 6.31. The molecule has 0 amide bonds. The van der Waals surface area contributed by atoms with Gasteiger partial charge in [-0.1, -0.05) is 17.7 Å². The minimum Gasteiger partial charge on any atom is -0.357 e. The maximum Gasteiger partial charge on any atom is 0.274 e. The minimum atomic E-state index is -0.458. The van der Waals surface area contributed by atoms with E-state index < -0.39 is 5.82 Å². The van der Waals surface area contributed by atoms with Gasteiger partial charge in [-0.25, -0.2) is 4.39 Å².